The molecule has 2 aromatic heterocycles. The molecule has 0 saturated carbocycles. The molecule has 1 amide bonds. The van der Waals surface area contributed by atoms with Gasteiger partial charge in [-0.3, -0.25) is 9.59 Å². The number of nitrogens with two attached hydrogens (primary N) is 2. The van der Waals surface area contributed by atoms with Crippen LogP contribution in [0.15, 0.2) is 30.5 Å². The fourth-order valence-electron chi connectivity index (χ4n) is 3.66. The van der Waals surface area contributed by atoms with E-state index in [1.54, 1.807) is 30.5 Å². The van der Waals surface area contributed by atoms with Gasteiger partial charge < -0.3 is 31.9 Å². The number of carbonyl (C=O) groups excluding carboxylic acids is 1. The molecule has 0 bridgehead atoms. The molecule has 13 nitrogen and oxygen atoms in total. The fraction of sp³-hybridized carbons (Fsp3) is 0.375. The summed E-state index contributed by atoms with van der Waals surface area (Å²) >= 11 is 0. The van der Waals surface area contributed by atoms with Crippen LogP contribution in [0.5, 0.6) is 0 Å². The van der Waals surface area contributed by atoms with Crippen LogP contribution in [0.25, 0.3) is 11.2 Å². The van der Waals surface area contributed by atoms with E-state index in [4.69, 9.17) is 16.6 Å². The second kappa shape index (κ2) is 11.0. The number of carboxylic acid groups (broad SMARTS) is 2. The van der Waals surface area contributed by atoms with E-state index in [1.807, 2.05) is 0 Å². The number of hydrogen-bond donors (Lipinski definition) is 5. The molecule has 0 aliphatic heterocycles. The van der Waals surface area contributed by atoms with Crippen LogP contribution in [-0.4, -0.2) is 60.6 Å². The van der Waals surface area contributed by atoms with Crippen LogP contribution in [0, 0.1) is 5.41 Å². The lowest BCUT2D eigenvalue weighted by molar-refractivity contribution is -0.140. The summed E-state index contributed by atoms with van der Waals surface area (Å²) in [5.74, 6) is -2.89. The number of carbonyl (C=O) groups is 3. The Labute approximate surface area is 212 Å². The van der Waals surface area contributed by atoms with Crippen LogP contribution < -0.4 is 21.7 Å². The number of nitrogens with one attached hydrogen (secondary N) is 1. The summed E-state index contributed by atoms with van der Waals surface area (Å²) in [6.45, 7) is 7.29. The second-order valence-electron chi connectivity index (χ2n) is 9.76. The summed E-state index contributed by atoms with van der Waals surface area (Å²) in [6, 6.07) is 5.36. The number of amides is 1. The highest BCUT2D eigenvalue weighted by molar-refractivity contribution is 5.97. The molecule has 37 heavy (non-hydrogen) atoms. The zero-order valence-electron chi connectivity index (χ0n) is 20.8. The first-order valence-electron chi connectivity index (χ1n) is 11.5. The molecule has 1 atom stereocenters. The number of fused-ring (bicyclic) bond motifs is 1. The van der Waals surface area contributed by atoms with Crippen molar-refractivity contribution in [1.82, 2.24) is 25.3 Å². The third-order valence-electron chi connectivity index (χ3n) is 5.26. The van der Waals surface area contributed by atoms with Crippen molar-refractivity contribution in [1.29, 1.82) is 0 Å². The number of carboxylic acids is 2. The average molecular weight is 511 g/mol. The predicted molar refractivity (Wildman–Crippen MR) is 137 cm³/mol. The van der Waals surface area contributed by atoms with Gasteiger partial charge in [0.05, 0.1) is 18.4 Å². The molecule has 13 heteroatoms. The first-order chi connectivity index (χ1) is 17.3. The SMILES string of the molecule is CC(C)(C)CN(Cc1cnc2nc(N)nc(N)c2n1)c1ccc(C(=O)NC(CCC(=O)O)C(=O)O)cc1. The molecule has 3 aromatic rings. The summed E-state index contributed by atoms with van der Waals surface area (Å²) < 4.78 is 0. The standard InChI is InChI=1S/C24H30N8O5/c1-24(2,3)12-32(11-14-10-27-20-18(28-14)19(25)30-23(26)31-20)15-6-4-13(5-7-15)21(35)29-16(22(36)37)8-9-17(33)34/h4-7,10,16H,8-9,11-12H2,1-3H3,(H,29,35)(H,33,34)(H,36,37)(H4,25,26,27,30,31). The zero-order valence-corrected chi connectivity index (χ0v) is 20.8. The van der Waals surface area contributed by atoms with Crippen molar-refractivity contribution in [3.8, 4) is 0 Å². The van der Waals surface area contributed by atoms with Crippen molar-refractivity contribution in [2.45, 2.75) is 46.2 Å². The van der Waals surface area contributed by atoms with E-state index in [0.717, 1.165) is 5.69 Å². The predicted octanol–water partition coefficient (Wildman–Crippen LogP) is 1.68. The zero-order chi connectivity index (χ0) is 27.3. The fourth-order valence-corrected chi connectivity index (χ4v) is 3.66. The smallest absolute Gasteiger partial charge is 0.326 e. The maximum absolute atomic E-state index is 12.6. The first-order valence-corrected chi connectivity index (χ1v) is 11.5. The third-order valence-corrected chi connectivity index (χ3v) is 5.26. The van der Waals surface area contributed by atoms with E-state index in [2.05, 4.69) is 50.9 Å². The lowest BCUT2D eigenvalue weighted by Crippen LogP contribution is -2.41. The van der Waals surface area contributed by atoms with Crippen LogP contribution in [0.4, 0.5) is 17.5 Å². The van der Waals surface area contributed by atoms with Gasteiger partial charge in [0.1, 0.15) is 6.04 Å². The van der Waals surface area contributed by atoms with Crippen LogP contribution in [0.1, 0.15) is 49.7 Å². The van der Waals surface area contributed by atoms with E-state index in [9.17, 15) is 19.5 Å². The normalized spacial score (nSPS) is 12.2. The van der Waals surface area contributed by atoms with E-state index in [1.165, 1.54) is 0 Å². The molecule has 0 radical (unpaired) electrons. The van der Waals surface area contributed by atoms with Crippen LogP contribution in [-0.2, 0) is 16.1 Å². The topological polar surface area (TPSA) is 211 Å². The lowest BCUT2D eigenvalue weighted by Gasteiger charge is -2.31. The van der Waals surface area contributed by atoms with Crippen molar-refractivity contribution in [3.63, 3.8) is 0 Å². The van der Waals surface area contributed by atoms with Crippen LogP contribution >= 0.6 is 0 Å². The van der Waals surface area contributed by atoms with E-state index >= 15 is 0 Å². The van der Waals surface area contributed by atoms with Gasteiger partial charge in [0, 0.05) is 24.2 Å². The Kier molecular flexibility index (Phi) is 8.05. The lowest BCUT2D eigenvalue weighted by atomic mass is 9.95. The van der Waals surface area contributed by atoms with Gasteiger partial charge in [-0.2, -0.15) is 9.97 Å². The number of hydrogen-bond acceptors (Lipinski definition) is 10. The number of benzene rings is 1. The van der Waals surface area contributed by atoms with Gasteiger partial charge in [0.2, 0.25) is 5.95 Å². The van der Waals surface area contributed by atoms with Gasteiger partial charge in [-0.05, 0) is 36.1 Å². The molecule has 196 valence electrons. The molecular formula is C24H30N8O5. The molecule has 0 saturated heterocycles. The number of rotatable bonds is 10. The summed E-state index contributed by atoms with van der Waals surface area (Å²) in [6.07, 6.45) is 0.998. The molecule has 0 aliphatic rings. The van der Waals surface area contributed by atoms with Crippen molar-refractivity contribution in [2.75, 3.05) is 22.9 Å². The number of anilines is 3. The van der Waals surface area contributed by atoms with Crippen molar-refractivity contribution in [2.24, 2.45) is 5.41 Å². The Morgan fingerprint density at radius 2 is 1.73 bits per heavy atom. The van der Waals surface area contributed by atoms with E-state index in [-0.39, 0.29) is 35.6 Å². The molecule has 2 heterocycles. The third kappa shape index (κ3) is 7.46. The summed E-state index contributed by atoms with van der Waals surface area (Å²) in [5.41, 5.74) is 13.8. The monoisotopic (exact) mass is 510 g/mol. The second-order valence-corrected chi connectivity index (χ2v) is 9.76. The Morgan fingerprint density at radius 1 is 1.05 bits per heavy atom. The highest BCUT2D eigenvalue weighted by Crippen LogP contribution is 2.25. The minimum absolute atomic E-state index is 0.0158. The maximum atomic E-state index is 12.6. The highest BCUT2D eigenvalue weighted by atomic mass is 16.4. The minimum Gasteiger partial charge on any atom is -0.481 e. The van der Waals surface area contributed by atoms with Crippen molar-refractivity contribution >= 4 is 46.5 Å². The van der Waals surface area contributed by atoms with Crippen molar-refractivity contribution < 1.29 is 24.6 Å². The molecule has 0 aliphatic carbocycles. The summed E-state index contributed by atoms with van der Waals surface area (Å²) in [4.78, 5) is 53.7. The van der Waals surface area contributed by atoms with Gasteiger partial charge in [-0.1, -0.05) is 20.8 Å². The molecule has 1 aromatic carbocycles. The van der Waals surface area contributed by atoms with Gasteiger partial charge in [-0.15, -0.1) is 0 Å². The number of nitrogen functional groups attached to an aromatic ring is 2. The Bertz CT molecular complexity index is 1310. The Hall–Kier alpha value is -4.55. The van der Waals surface area contributed by atoms with E-state index in [0.29, 0.717) is 29.9 Å². The Morgan fingerprint density at radius 3 is 2.32 bits per heavy atom. The maximum Gasteiger partial charge on any atom is 0.326 e. The van der Waals surface area contributed by atoms with E-state index < -0.39 is 23.9 Å². The molecular weight excluding hydrogens is 480 g/mol. The summed E-state index contributed by atoms with van der Waals surface area (Å²) in [5, 5.41) is 20.5. The van der Waals surface area contributed by atoms with Crippen LogP contribution in [0.3, 0.4) is 0 Å². The highest BCUT2D eigenvalue weighted by Gasteiger charge is 2.23. The number of nitrogens with zero attached hydrogens (tertiary/aromatic N) is 5. The minimum atomic E-state index is -1.31. The van der Waals surface area contributed by atoms with Crippen molar-refractivity contribution in [3.05, 3.63) is 41.7 Å². The molecule has 0 fully saturated rings. The number of aromatic nitrogens is 4. The molecule has 3 rings (SSSR count). The van der Waals surface area contributed by atoms with Crippen LogP contribution in [0.2, 0.25) is 0 Å². The average Bonchev–Trinajstić information content (AvgIpc) is 2.80. The summed E-state index contributed by atoms with van der Waals surface area (Å²) in [7, 11) is 0. The molecule has 0 spiro atoms. The van der Waals surface area contributed by atoms with Gasteiger partial charge in [0.15, 0.2) is 17.0 Å². The van der Waals surface area contributed by atoms with Gasteiger partial charge >= 0.3 is 11.9 Å². The molecule has 1 unspecified atom stereocenters. The first kappa shape index (κ1) is 27.0. The van der Waals surface area contributed by atoms with Gasteiger partial charge in [0.25, 0.3) is 5.91 Å². The Balaban J connectivity index is 1.82. The number of aliphatic carboxylic acids is 2. The van der Waals surface area contributed by atoms with Gasteiger partial charge in [-0.25, -0.2) is 14.8 Å². The molecule has 7 N–H and O–H groups in total. The quantitative estimate of drug-likeness (QED) is 0.264. The largest absolute Gasteiger partial charge is 0.481 e.